The van der Waals surface area contributed by atoms with E-state index in [1.165, 1.54) is 6.07 Å². The van der Waals surface area contributed by atoms with Crippen molar-refractivity contribution in [3.05, 3.63) is 65.5 Å². The molecule has 0 atom stereocenters. The Labute approximate surface area is 166 Å². The van der Waals surface area contributed by atoms with E-state index < -0.39 is 6.61 Å². The normalized spacial score (nSPS) is 11.1. The van der Waals surface area contributed by atoms with Gasteiger partial charge in [0, 0.05) is 19.2 Å². The third-order valence-corrected chi connectivity index (χ3v) is 4.11. The van der Waals surface area contributed by atoms with Gasteiger partial charge in [0.05, 0.1) is 12.1 Å². The molecule has 0 spiro atoms. The van der Waals surface area contributed by atoms with Gasteiger partial charge in [-0.2, -0.15) is 13.8 Å². The number of para-hydroxylation sites is 1. The van der Waals surface area contributed by atoms with E-state index in [-0.39, 0.29) is 17.5 Å². The van der Waals surface area contributed by atoms with E-state index in [9.17, 15) is 13.6 Å². The van der Waals surface area contributed by atoms with Crippen LogP contribution in [0.3, 0.4) is 0 Å². The van der Waals surface area contributed by atoms with Gasteiger partial charge in [0.2, 0.25) is 11.7 Å². The summed E-state index contributed by atoms with van der Waals surface area (Å²) in [4.78, 5) is 17.8. The quantitative estimate of drug-likeness (QED) is 0.623. The van der Waals surface area contributed by atoms with Gasteiger partial charge in [0.15, 0.2) is 0 Å². The number of hydrogen-bond donors (Lipinski definition) is 1. The molecule has 0 aliphatic carbocycles. The highest BCUT2D eigenvalue weighted by molar-refractivity contribution is 5.93. The molecule has 0 bridgehead atoms. The number of alkyl halides is 2. The van der Waals surface area contributed by atoms with Gasteiger partial charge < -0.3 is 14.6 Å². The molecular formula is C20H20F2N4O3. The predicted octanol–water partition coefficient (Wildman–Crippen LogP) is 3.33. The minimum absolute atomic E-state index is 0.0144. The average Bonchev–Trinajstić information content (AvgIpc) is 3.16. The highest BCUT2D eigenvalue weighted by Gasteiger charge is 2.16. The first-order valence-corrected chi connectivity index (χ1v) is 8.82. The van der Waals surface area contributed by atoms with Crippen molar-refractivity contribution in [3.63, 3.8) is 0 Å². The monoisotopic (exact) mass is 402 g/mol. The molecule has 1 heterocycles. The van der Waals surface area contributed by atoms with Crippen molar-refractivity contribution in [1.29, 1.82) is 0 Å². The van der Waals surface area contributed by atoms with Gasteiger partial charge in [0.1, 0.15) is 5.75 Å². The molecule has 0 aliphatic rings. The fraction of sp³-hybridized carbons (Fsp3) is 0.250. The van der Waals surface area contributed by atoms with E-state index in [4.69, 9.17) is 4.52 Å². The molecule has 0 unspecified atom stereocenters. The van der Waals surface area contributed by atoms with Crippen molar-refractivity contribution in [2.75, 3.05) is 14.1 Å². The number of aromatic nitrogens is 2. The maximum Gasteiger partial charge on any atom is 0.387 e. The van der Waals surface area contributed by atoms with Gasteiger partial charge in [-0.3, -0.25) is 9.69 Å². The minimum Gasteiger partial charge on any atom is -0.434 e. The summed E-state index contributed by atoms with van der Waals surface area (Å²) < 4.78 is 34.9. The van der Waals surface area contributed by atoms with Crippen LogP contribution < -0.4 is 10.1 Å². The van der Waals surface area contributed by atoms with Crippen LogP contribution in [0.5, 0.6) is 5.75 Å². The second-order valence-corrected chi connectivity index (χ2v) is 6.33. The Bertz CT molecular complexity index is 960. The van der Waals surface area contributed by atoms with E-state index in [0.29, 0.717) is 30.1 Å². The molecule has 1 aromatic heterocycles. The lowest BCUT2D eigenvalue weighted by atomic mass is 10.1. The van der Waals surface area contributed by atoms with E-state index in [2.05, 4.69) is 20.2 Å². The molecule has 0 saturated carbocycles. The van der Waals surface area contributed by atoms with Crippen molar-refractivity contribution >= 4 is 5.91 Å². The summed E-state index contributed by atoms with van der Waals surface area (Å²) in [5, 5.41) is 6.45. The van der Waals surface area contributed by atoms with Crippen LogP contribution in [0.25, 0.3) is 11.4 Å². The molecule has 1 amide bonds. The smallest absolute Gasteiger partial charge is 0.387 e. The number of ether oxygens (including phenoxy) is 1. The number of rotatable bonds is 8. The maximum absolute atomic E-state index is 12.6. The van der Waals surface area contributed by atoms with Crippen molar-refractivity contribution < 1.29 is 22.8 Å². The zero-order chi connectivity index (χ0) is 20.8. The Morgan fingerprint density at radius 2 is 1.90 bits per heavy atom. The lowest BCUT2D eigenvalue weighted by Gasteiger charge is -2.14. The number of carbonyl (C=O) groups excluding carboxylic acids is 1. The van der Waals surface area contributed by atoms with Crippen molar-refractivity contribution in [2.45, 2.75) is 19.7 Å². The van der Waals surface area contributed by atoms with Crippen LogP contribution in [0, 0.1) is 0 Å². The zero-order valence-corrected chi connectivity index (χ0v) is 15.9. The molecule has 0 fully saturated rings. The summed E-state index contributed by atoms with van der Waals surface area (Å²) in [7, 11) is 3.46. The van der Waals surface area contributed by atoms with Crippen LogP contribution in [0.1, 0.15) is 21.8 Å². The Morgan fingerprint density at radius 3 is 2.59 bits per heavy atom. The fourth-order valence-electron chi connectivity index (χ4n) is 2.78. The van der Waals surface area contributed by atoms with Crippen molar-refractivity contribution in [3.8, 4) is 17.1 Å². The highest BCUT2D eigenvalue weighted by Crippen LogP contribution is 2.29. The second kappa shape index (κ2) is 9.24. The van der Waals surface area contributed by atoms with Gasteiger partial charge in [-0.25, -0.2) is 0 Å². The van der Waals surface area contributed by atoms with E-state index in [0.717, 1.165) is 5.56 Å². The number of benzene rings is 2. The zero-order valence-electron chi connectivity index (χ0n) is 15.9. The summed E-state index contributed by atoms with van der Waals surface area (Å²) in [6.45, 7) is -1.98. The first-order chi connectivity index (χ1) is 14.0. The molecule has 3 aromatic rings. The number of nitrogens with one attached hydrogen (secondary N) is 1. The number of halogens is 2. The van der Waals surface area contributed by atoms with Gasteiger partial charge >= 0.3 is 6.61 Å². The van der Waals surface area contributed by atoms with Gasteiger partial charge in [-0.1, -0.05) is 29.4 Å². The lowest BCUT2D eigenvalue weighted by molar-refractivity contribution is -0.0494. The first kappa shape index (κ1) is 20.4. The molecule has 29 heavy (non-hydrogen) atoms. The largest absolute Gasteiger partial charge is 0.434 e. The Morgan fingerprint density at radius 1 is 1.17 bits per heavy atom. The number of hydrogen-bond acceptors (Lipinski definition) is 6. The van der Waals surface area contributed by atoms with Crippen molar-refractivity contribution in [1.82, 2.24) is 20.4 Å². The first-order valence-electron chi connectivity index (χ1n) is 8.82. The number of carbonyl (C=O) groups is 1. The van der Waals surface area contributed by atoms with E-state index in [1.54, 1.807) is 37.4 Å². The molecule has 9 heteroatoms. The Balaban J connectivity index is 1.65. The van der Waals surface area contributed by atoms with Gasteiger partial charge in [-0.15, -0.1) is 0 Å². The number of nitrogens with zero attached hydrogens (tertiary/aromatic N) is 3. The molecule has 7 nitrogen and oxygen atoms in total. The van der Waals surface area contributed by atoms with Crippen LogP contribution in [0.15, 0.2) is 53.1 Å². The molecule has 0 aliphatic heterocycles. The summed E-state index contributed by atoms with van der Waals surface area (Å²) in [5.74, 6) is 0.370. The second-order valence-electron chi connectivity index (χ2n) is 6.33. The SMILES string of the molecule is CNC(=O)c1ccc(CN(C)Cc2nc(-c3ccccc3OC(F)F)no2)cc1. The minimum atomic E-state index is -2.94. The van der Waals surface area contributed by atoms with Crippen LogP contribution in [0.4, 0.5) is 8.78 Å². The standard InChI is InChI=1S/C20H20F2N4O3/c1-23-19(27)14-9-7-13(8-10-14)11-26(2)12-17-24-18(25-29-17)15-5-3-4-6-16(15)28-20(21)22/h3-10,20H,11-12H2,1-2H3,(H,23,27). The molecule has 3 rings (SSSR count). The Hall–Kier alpha value is -3.33. The van der Waals surface area contributed by atoms with Crippen molar-refractivity contribution in [2.24, 2.45) is 0 Å². The third kappa shape index (κ3) is 5.35. The summed E-state index contributed by atoms with van der Waals surface area (Å²) in [6.07, 6.45) is 0. The molecule has 1 N–H and O–H groups in total. The molecule has 0 saturated heterocycles. The summed E-state index contributed by atoms with van der Waals surface area (Å²) in [5.41, 5.74) is 1.93. The van der Waals surface area contributed by atoms with E-state index >= 15 is 0 Å². The predicted molar refractivity (Wildman–Crippen MR) is 101 cm³/mol. The lowest BCUT2D eigenvalue weighted by Crippen LogP contribution is -2.19. The van der Waals surface area contributed by atoms with Crippen LogP contribution in [-0.4, -0.2) is 41.7 Å². The summed E-state index contributed by atoms with van der Waals surface area (Å²) in [6, 6.07) is 13.5. The fourth-order valence-corrected chi connectivity index (χ4v) is 2.78. The van der Waals surface area contributed by atoms with E-state index in [1.807, 2.05) is 24.1 Å². The average molecular weight is 402 g/mol. The molecule has 2 aromatic carbocycles. The highest BCUT2D eigenvalue weighted by atomic mass is 19.3. The Kier molecular flexibility index (Phi) is 6.50. The summed E-state index contributed by atoms with van der Waals surface area (Å²) >= 11 is 0. The maximum atomic E-state index is 12.6. The van der Waals surface area contributed by atoms with Crippen LogP contribution >= 0.6 is 0 Å². The third-order valence-electron chi connectivity index (χ3n) is 4.11. The number of amides is 1. The molecule has 152 valence electrons. The van der Waals surface area contributed by atoms with Gasteiger partial charge in [0.25, 0.3) is 5.91 Å². The van der Waals surface area contributed by atoms with Gasteiger partial charge in [-0.05, 0) is 36.9 Å². The van der Waals surface area contributed by atoms with Crippen LogP contribution in [-0.2, 0) is 13.1 Å². The van der Waals surface area contributed by atoms with Crippen LogP contribution in [0.2, 0.25) is 0 Å². The molecule has 0 radical (unpaired) electrons. The topological polar surface area (TPSA) is 80.5 Å². The molecular weight excluding hydrogens is 382 g/mol.